The molecular weight excluding hydrogens is 240 g/mol. The van der Waals surface area contributed by atoms with Gasteiger partial charge in [0.05, 0.1) is 6.61 Å². The highest BCUT2D eigenvalue weighted by molar-refractivity contribution is 5.72. The molecule has 0 aromatic rings. The van der Waals surface area contributed by atoms with Crippen LogP contribution in [0.1, 0.15) is 0 Å². The molecule has 0 saturated carbocycles. The minimum Gasteiger partial charge on any atom is -0.479 e. The lowest BCUT2D eigenvalue weighted by molar-refractivity contribution is -0.175. The summed E-state index contributed by atoms with van der Waals surface area (Å²) in [5.74, 6) is -1.83. The van der Waals surface area contributed by atoms with E-state index in [4.69, 9.17) is 30.6 Å². The molecule has 8 N–H and O–H groups in total. The van der Waals surface area contributed by atoms with E-state index in [-0.39, 0.29) is 0 Å². The first-order valence-electron chi connectivity index (χ1n) is 4.66. The first-order chi connectivity index (χ1) is 7.73. The second-order valence-corrected chi connectivity index (χ2v) is 3.50. The lowest BCUT2D eigenvalue weighted by Crippen LogP contribution is -2.54. The Morgan fingerprint density at radius 3 is 1.59 bits per heavy atom. The van der Waals surface area contributed by atoms with E-state index in [1.165, 1.54) is 0 Å². The summed E-state index contributed by atoms with van der Waals surface area (Å²) < 4.78 is 0. The maximum atomic E-state index is 10.3. The van der Waals surface area contributed by atoms with Crippen molar-refractivity contribution in [3.63, 3.8) is 0 Å². The molecule has 0 aliphatic heterocycles. The van der Waals surface area contributed by atoms with Crippen LogP contribution < -0.4 is 0 Å². The zero-order valence-electron chi connectivity index (χ0n) is 8.66. The van der Waals surface area contributed by atoms with Crippen molar-refractivity contribution in [1.82, 2.24) is 0 Å². The van der Waals surface area contributed by atoms with E-state index in [1.807, 2.05) is 0 Å². The lowest BCUT2D eigenvalue weighted by atomic mass is 9.96. The Hall–Kier alpha value is -0.810. The van der Waals surface area contributed by atoms with Crippen LogP contribution in [0.3, 0.4) is 0 Å². The minimum absolute atomic E-state index is 0.914. The Balaban J connectivity index is 4.58. The van der Waals surface area contributed by atoms with Crippen LogP contribution in [-0.2, 0) is 4.79 Å². The molecular formula is C8H16O9. The van der Waals surface area contributed by atoms with Gasteiger partial charge in [-0.3, -0.25) is 0 Å². The van der Waals surface area contributed by atoms with E-state index in [9.17, 15) is 15.0 Å². The Morgan fingerprint density at radius 2 is 1.24 bits per heavy atom. The van der Waals surface area contributed by atoms with Crippen LogP contribution in [-0.4, -0.2) is 90.1 Å². The van der Waals surface area contributed by atoms with Crippen LogP contribution in [0.5, 0.6) is 0 Å². The first kappa shape index (κ1) is 16.2. The van der Waals surface area contributed by atoms with Crippen molar-refractivity contribution in [2.24, 2.45) is 0 Å². The Kier molecular flexibility index (Phi) is 6.49. The predicted molar refractivity (Wildman–Crippen MR) is 50.8 cm³/mol. The van der Waals surface area contributed by atoms with Gasteiger partial charge in [-0.1, -0.05) is 0 Å². The molecule has 0 aliphatic rings. The summed E-state index contributed by atoms with van der Waals surface area (Å²) in [6.45, 7) is -0.914. The monoisotopic (exact) mass is 256 g/mol. The highest BCUT2D eigenvalue weighted by Crippen LogP contribution is 2.11. The van der Waals surface area contributed by atoms with Gasteiger partial charge >= 0.3 is 5.97 Å². The van der Waals surface area contributed by atoms with E-state index < -0.39 is 49.2 Å². The highest BCUT2D eigenvalue weighted by Gasteiger charge is 2.39. The Morgan fingerprint density at radius 1 is 0.824 bits per heavy atom. The molecule has 9 nitrogen and oxygen atoms in total. The van der Waals surface area contributed by atoms with Gasteiger partial charge in [0, 0.05) is 0 Å². The third-order valence-corrected chi connectivity index (χ3v) is 2.21. The van der Waals surface area contributed by atoms with Gasteiger partial charge in [-0.25, -0.2) is 4.79 Å². The lowest BCUT2D eigenvalue weighted by Gasteiger charge is -2.29. The molecule has 0 radical (unpaired) electrons. The number of aliphatic hydroxyl groups excluding tert-OH is 7. The van der Waals surface area contributed by atoms with E-state index in [0.29, 0.717) is 0 Å². The number of hydrogen-bond acceptors (Lipinski definition) is 8. The van der Waals surface area contributed by atoms with Gasteiger partial charge in [-0.05, 0) is 0 Å². The Labute approximate surface area is 95.8 Å². The average molecular weight is 256 g/mol. The van der Waals surface area contributed by atoms with Gasteiger partial charge in [0.15, 0.2) is 6.10 Å². The van der Waals surface area contributed by atoms with Crippen LogP contribution in [0.4, 0.5) is 0 Å². The molecule has 0 fully saturated rings. The summed E-state index contributed by atoms with van der Waals surface area (Å²) in [6, 6.07) is 0. The molecule has 0 aliphatic carbocycles. The minimum atomic E-state index is -2.36. The maximum Gasteiger partial charge on any atom is 0.335 e. The molecule has 9 heteroatoms. The van der Waals surface area contributed by atoms with Crippen molar-refractivity contribution in [2.45, 2.75) is 36.6 Å². The number of carboxylic acid groups (broad SMARTS) is 1. The fourth-order valence-corrected chi connectivity index (χ4v) is 1.07. The van der Waals surface area contributed by atoms with Crippen LogP contribution in [0.25, 0.3) is 0 Å². The molecule has 0 spiro atoms. The fraction of sp³-hybridized carbons (Fsp3) is 0.875. The molecule has 0 amide bonds. The average Bonchev–Trinajstić information content (AvgIpc) is 2.32. The van der Waals surface area contributed by atoms with Crippen LogP contribution >= 0.6 is 0 Å². The van der Waals surface area contributed by atoms with Crippen molar-refractivity contribution >= 4 is 5.97 Å². The SMILES string of the molecule is O=C(O)[C@H](O)[C@H](O)[C@@H](O)[C@@H](O)[C@@H](O)[C@H](O)CO. The topological polar surface area (TPSA) is 179 Å². The zero-order chi connectivity index (χ0) is 13.7. The molecule has 0 unspecified atom stereocenters. The third-order valence-electron chi connectivity index (χ3n) is 2.21. The smallest absolute Gasteiger partial charge is 0.335 e. The van der Waals surface area contributed by atoms with Crippen molar-refractivity contribution < 1.29 is 45.6 Å². The van der Waals surface area contributed by atoms with Crippen molar-refractivity contribution in [1.29, 1.82) is 0 Å². The molecule has 102 valence electrons. The maximum absolute atomic E-state index is 10.3. The molecule has 0 aromatic carbocycles. The van der Waals surface area contributed by atoms with Crippen LogP contribution in [0.2, 0.25) is 0 Å². The molecule has 0 aromatic heterocycles. The number of carboxylic acids is 1. The summed E-state index contributed by atoms with van der Waals surface area (Å²) in [7, 11) is 0. The summed E-state index contributed by atoms with van der Waals surface area (Å²) in [5.41, 5.74) is 0. The molecule has 0 rings (SSSR count). The number of aliphatic hydroxyl groups is 7. The van der Waals surface area contributed by atoms with Gasteiger partial charge in [0.25, 0.3) is 0 Å². The van der Waals surface area contributed by atoms with Crippen molar-refractivity contribution in [3.8, 4) is 0 Å². The van der Waals surface area contributed by atoms with E-state index in [0.717, 1.165) is 0 Å². The van der Waals surface area contributed by atoms with Crippen LogP contribution in [0, 0.1) is 0 Å². The van der Waals surface area contributed by atoms with Crippen molar-refractivity contribution in [2.75, 3.05) is 6.61 Å². The summed E-state index contributed by atoms with van der Waals surface area (Å²) in [4.78, 5) is 10.3. The summed E-state index contributed by atoms with van der Waals surface area (Å²) in [6.07, 6.45) is -12.8. The largest absolute Gasteiger partial charge is 0.479 e. The molecule has 0 bridgehead atoms. The number of carbonyl (C=O) groups is 1. The second-order valence-electron chi connectivity index (χ2n) is 3.50. The number of aliphatic carboxylic acids is 1. The number of hydrogen-bond donors (Lipinski definition) is 8. The van der Waals surface area contributed by atoms with Gasteiger partial charge in [0.2, 0.25) is 0 Å². The van der Waals surface area contributed by atoms with E-state index in [1.54, 1.807) is 0 Å². The molecule has 6 atom stereocenters. The van der Waals surface area contributed by atoms with Crippen molar-refractivity contribution in [3.05, 3.63) is 0 Å². The van der Waals surface area contributed by atoms with Gasteiger partial charge in [0.1, 0.15) is 30.5 Å². The fourth-order valence-electron chi connectivity index (χ4n) is 1.07. The Bertz CT molecular complexity index is 245. The summed E-state index contributed by atoms with van der Waals surface area (Å²) in [5, 5.41) is 71.4. The third kappa shape index (κ3) is 4.16. The quantitative estimate of drug-likeness (QED) is 0.222. The molecule has 0 heterocycles. The second kappa shape index (κ2) is 6.81. The van der Waals surface area contributed by atoms with E-state index >= 15 is 0 Å². The van der Waals surface area contributed by atoms with Crippen LogP contribution in [0.15, 0.2) is 0 Å². The molecule has 17 heavy (non-hydrogen) atoms. The normalized spacial score (nSPS) is 22.3. The van der Waals surface area contributed by atoms with Gasteiger partial charge in [-0.2, -0.15) is 0 Å². The van der Waals surface area contributed by atoms with Gasteiger partial charge < -0.3 is 40.9 Å². The highest BCUT2D eigenvalue weighted by atomic mass is 16.4. The zero-order valence-corrected chi connectivity index (χ0v) is 8.66. The van der Waals surface area contributed by atoms with Gasteiger partial charge in [-0.15, -0.1) is 0 Å². The standard InChI is InChI=1S/C8H16O9/c9-1-2(10)3(11)4(12)5(13)6(14)7(15)8(16)17/h2-7,9-15H,1H2,(H,16,17)/t2-,3+,4+,5+,6-,7-/m1/s1. The first-order valence-corrected chi connectivity index (χ1v) is 4.66. The number of rotatable bonds is 7. The van der Waals surface area contributed by atoms with E-state index in [2.05, 4.69) is 0 Å². The predicted octanol–water partition coefficient (Wildman–Crippen LogP) is -4.77. The molecule has 0 saturated heterocycles. The summed E-state index contributed by atoms with van der Waals surface area (Å²) >= 11 is 0.